The Labute approximate surface area is 249 Å². The van der Waals surface area contributed by atoms with Crippen LogP contribution in [0, 0.1) is 23.3 Å². The quantitative estimate of drug-likeness (QED) is 0.0857. The van der Waals surface area contributed by atoms with E-state index < -0.39 is 53.0 Å². The molecule has 3 aromatic rings. The fraction of sp³-hybridized carbons (Fsp3) is 0.333. The number of hydrogen-bond donors (Lipinski definition) is 0. The normalized spacial score (nSPS) is 14.3. The first kappa shape index (κ1) is 32.4. The van der Waals surface area contributed by atoms with E-state index in [-0.39, 0.29) is 45.0 Å². The van der Waals surface area contributed by atoms with Crippen LogP contribution in [0.2, 0.25) is 0 Å². The molecule has 41 heavy (non-hydrogen) atoms. The minimum atomic E-state index is -0.882. The third-order valence-electron chi connectivity index (χ3n) is 5.73. The first-order chi connectivity index (χ1) is 19.5. The maximum atomic E-state index is 14.5. The Kier molecular flexibility index (Phi) is 11.6. The Morgan fingerprint density at radius 1 is 0.927 bits per heavy atom. The van der Waals surface area contributed by atoms with Gasteiger partial charge in [-0.2, -0.15) is 5.10 Å². The van der Waals surface area contributed by atoms with Crippen molar-refractivity contribution in [1.29, 1.82) is 0 Å². The summed E-state index contributed by atoms with van der Waals surface area (Å²) < 4.78 is 71.2. The molecule has 2 heterocycles. The molecule has 0 unspecified atom stereocenters. The second-order valence-electron chi connectivity index (χ2n) is 8.49. The second kappa shape index (κ2) is 14.7. The highest BCUT2D eigenvalue weighted by molar-refractivity contribution is 9.10. The summed E-state index contributed by atoms with van der Waals surface area (Å²) in [5, 5.41) is 4.21. The third kappa shape index (κ3) is 8.01. The van der Waals surface area contributed by atoms with Crippen molar-refractivity contribution in [3.63, 3.8) is 0 Å². The van der Waals surface area contributed by atoms with E-state index in [1.165, 1.54) is 10.9 Å². The molecule has 0 saturated carbocycles. The number of carbonyl (C=O) groups excluding carboxylic acids is 3. The molecule has 1 aromatic heterocycles. The van der Waals surface area contributed by atoms with Crippen molar-refractivity contribution >= 4 is 49.6 Å². The SMILES string of the molecule is CCOC(=O)CC(=O)c1cc(F)c(Br)cc1F.CCOC(=O)c1cnn([C@H]2CCOC2)c1-c1cc(F)c(Br)cc1F. The van der Waals surface area contributed by atoms with Gasteiger partial charge in [0, 0.05) is 12.2 Å². The highest BCUT2D eigenvalue weighted by atomic mass is 79.9. The number of Topliss-reactive ketones (excluding diaryl/α,β-unsaturated/α-hetero) is 1. The number of rotatable bonds is 8. The fourth-order valence-electron chi connectivity index (χ4n) is 3.86. The summed E-state index contributed by atoms with van der Waals surface area (Å²) in [6.45, 7) is 4.51. The highest BCUT2D eigenvalue weighted by Crippen LogP contribution is 2.34. The molecule has 1 atom stereocenters. The number of ether oxygens (including phenoxy) is 3. The zero-order chi connectivity index (χ0) is 30.3. The summed E-state index contributed by atoms with van der Waals surface area (Å²) in [5.74, 6) is -5.13. The minimum Gasteiger partial charge on any atom is -0.466 e. The van der Waals surface area contributed by atoms with Crippen LogP contribution in [-0.4, -0.2) is 53.9 Å². The van der Waals surface area contributed by atoms with Gasteiger partial charge in [0.1, 0.15) is 35.3 Å². The lowest BCUT2D eigenvalue weighted by atomic mass is 10.1. The van der Waals surface area contributed by atoms with E-state index in [0.717, 1.165) is 24.3 Å². The molecule has 0 aliphatic carbocycles. The van der Waals surface area contributed by atoms with Crippen LogP contribution >= 0.6 is 31.9 Å². The number of hydrogen-bond acceptors (Lipinski definition) is 7. The van der Waals surface area contributed by atoms with E-state index in [0.29, 0.717) is 19.6 Å². The van der Waals surface area contributed by atoms with Crippen LogP contribution in [0.15, 0.2) is 39.4 Å². The Morgan fingerprint density at radius 3 is 2.17 bits per heavy atom. The Morgan fingerprint density at radius 2 is 1.56 bits per heavy atom. The van der Waals surface area contributed by atoms with Crippen LogP contribution in [0.4, 0.5) is 17.6 Å². The summed E-state index contributed by atoms with van der Waals surface area (Å²) >= 11 is 5.74. The Bertz CT molecular complexity index is 1440. The first-order valence-electron chi connectivity index (χ1n) is 12.3. The molecule has 1 aliphatic rings. The number of aromatic nitrogens is 2. The predicted octanol–water partition coefficient (Wildman–Crippen LogP) is 6.59. The van der Waals surface area contributed by atoms with Crippen molar-refractivity contribution in [1.82, 2.24) is 9.78 Å². The standard InChI is InChI=1S/C16H15BrF2N2O3.C11H9BrF2O3/c1-2-24-16(22)11-7-20-21(9-3-4-23-8-9)15(11)10-5-14(19)12(17)6-13(10)18;1-2-17-11(16)5-10(15)6-3-9(14)7(12)4-8(6)13/h5-7,9H,2-4,8H2,1H3;3-4H,2,5H2,1H3/t9-;/m0./s1. The van der Waals surface area contributed by atoms with Crippen LogP contribution in [-0.2, 0) is 19.0 Å². The Balaban J connectivity index is 0.000000241. The van der Waals surface area contributed by atoms with E-state index >= 15 is 0 Å². The number of esters is 2. The largest absolute Gasteiger partial charge is 0.466 e. The van der Waals surface area contributed by atoms with Gasteiger partial charge in [0.2, 0.25) is 0 Å². The molecule has 0 amide bonds. The van der Waals surface area contributed by atoms with Crippen molar-refractivity contribution in [2.75, 3.05) is 26.4 Å². The molecule has 1 fully saturated rings. The Hall–Kier alpha value is -3.10. The number of halogens is 6. The summed E-state index contributed by atoms with van der Waals surface area (Å²) in [5.41, 5.74) is -0.195. The third-order valence-corrected chi connectivity index (χ3v) is 6.94. The van der Waals surface area contributed by atoms with Crippen LogP contribution in [0.25, 0.3) is 11.3 Å². The van der Waals surface area contributed by atoms with Gasteiger partial charge in [0.05, 0.1) is 52.3 Å². The lowest BCUT2D eigenvalue weighted by Crippen LogP contribution is -2.14. The molecular weight excluding hydrogens is 684 g/mol. The molecule has 0 radical (unpaired) electrons. The van der Waals surface area contributed by atoms with Crippen LogP contribution in [0.1, 0.15) is 53.4 Å². The zero-order valence-corrected chi connectivity index (χ0v) is 25.0. The van der Waals surface area contributed by atoms with Crippen molar-refractivity contribution in [2.24, 2.45) is 0 Å². The van der Waals surface area contributed by atoms with Gasteiger partial charge in [-0.1, -0.05) is 0 Å². The van der Waals surface area contributed by atoms with Gasteiger partial charge in [-0.3, -0.25) is 14.3 Å². The average Bonchev–Trinajstić information content (AvgIpc) is 3.59. The van der Waals surface area contributed by atoms with Gasteiger partial charge in [-0.15, -0.1) is 0 Å². The van der Waals surface area contributed by atoms with E-state index in [1.807, 2.05) is 0 Å². The summed E-state index contributed by atoms with van der Waals surface area (Å²) in [6, 6.07) is 3.52. The number of ketones is 1. The van der Waals surface area contributed by atoms with Gasteiger partial charge in [-0.05, 0) is 76.4 Å². The lowest BCUT2D eigenvalue weighted by Gasteiger charge is -2.15. The van der Waals surface area contributed by atoms with Gasteiger partial charge in [-0.25, -0.2) is 22.4 Å². The van der Waals surface area contributed by atoms with Gasteiger partial charge < -0.3 is 14.2 Å². The van der Waals surface area contributed by atoms with Crippen molar-refractivity contribution < 1.29 is 46.2 Å². The van der Waals surface area contributed by atoms with Gasteiger partial charge >= 0.3 is 11.9 Å². The summed E-state index contributed by atoms with van der Waals surface area (Å²) in [7, 11) is 0. The monoisotopic (exact) mass is 706 g/mol. The zero-order valence-electron chi connectivity index (χ0n) is 21.8. The maximum Gasteiger partial charge on any atom is 0.341 e. The minimum absolute atomic E-state index is 0.0108. The number of benzene rings is 2. The van der Waals surface area contributed by atoms with E-state index in [1.54, 1.807) is 13.8 Å². The molecule has 14 heteroatoms. The number of carbonyl (C=O) groups is 3. The molecule has 0 N–H and O–H groups in total. The predicted molar refractivity (Wildman–Crippen MR) is 145 cm³/mol. The average molecular weight is 708 g/mol. The molecule has 0 spiro atoms. The van der Waals surface area contributed by atoms with Crippen LogP contribution in [0.3, 0.4) is 0 Å². The molecule has 0 bridgehead atoms. The van der Waals surface area contributed by atoms with Crippen molar-refractivity contribution in [2.45, 2.75) is 32.7 Å². The lowest BCUT2D eigenvalue weighted by molar-refractivity contribution is -0.141. The highest BCUT2D eigenvalue weighted by Gasteiger charge is 2.29. The molecule has 8 nitrogen and oxygen atoms in total. The van der Waals surface area contributed by atoms with Crippen LogP contribution < -0.4 is 0 Å². The van der Waals surface area contributed by atoms with Gasteiger partial charge in [0.15, 0.2) is 5.78 Å². The molecule has 2 aromatic carbocycles. The molecule has 1 aliphatic heterocycles. The van der Waals surface area contributed by atoms with Crippen LogP contribution in [0.5, 0.6) is 0 Å². The maximum absolute atomic E-state index is 14.5. The fourth-order valence-corrected chi connectivity index (χ4v) is 4.49. The van der Waals surface area contributed by atoms with Gasteiger partial charge in [0.25, 0.3) is 0 Å². The molecule has 4 rings (SSSR count). The van der Waals surface area contributed by atoms with Crippen molar-refractivity contribution in [3.05, 3.63) is 73.8 Å². The molecular formula is C27H24Br2F4N2O6. The smallest absolute Gasteiger partial charge is 0.341 e. The summed E-state index contributed by atoms with van der Waals surface area (Å²) in [4.78, 5) is 34.7. The summed E-state index contributed by atoms with van der Waals surface area (Å²) in [6.07, 6.45) is 1.40. The second-order valence-corrected chi connectivity index (χ2v) is 10.2. The van der Waals surface area contributed by atoms with E-state index in [4.69, 9.17) is 9.47 Å². The molecule has 220 valence electrons. The molecule has 1 saturated heterocycles. The topological polar surface area (TPSA) is 96.7 Å². The number of nitrogens with zero attached hydrogens (tertiary/aromatic N) is 2. The van der Waals surface area contributed by atoms with E-state index in [2.05, 4.69) is 41.7 Å². The van der Waals surface area contributed by atoms with Crippen molar-refractivity contribution in [3.8, 4) is 11.3 Å². The van der Waals surface area contributed by atoms with E-state index in [9.17, 15) is 31.9 Å². The first-order valence-corrected chi connectivity index (χ1v) is 13.9.